The predicted molar refractivity (Wildman–Crippen MR) is 79.2 cm³/mol. The van der Waals surface area contributed by atoms with Crippen LogP contribution in [0.4, 0.5) is 0 Å². The van der Waals surface area contributed by atoms with E-state index in [9.17, 15) is 4.79 Å². The minimum atomic E-state index is -0.691. The number of ether oxygens (including phenoxy) is 2. The predicted octanol–water partition coefficient (Wildman–Crippen LogP) is 3.45. The van der Waals surface area contributed by atoms with E-state index in [1.165, 1.54) is 7.11 Å². The van der Waals surface area contributed by atoms with E-state index in [1.807, 2.05) is 30.3 Å². The quantitative estimate of drug-likeness (QED) is 0.564. The van der Waals surface area contributed by atoms with Gasteiger partial charge >= 0.3 is 5.97 Å². The van der Waals surface area contributed by atoms with Gasteiger partial charge in [0.2, 0.25) is 0 Å². The fourth-order valence-electron chi connectivity index (χ4n) is 2.54. The highest BCUT2D eigenvalue weighted by molar-refractivity contribution is 5.97. The van der Waals surface area contributed by atoms with E-state index in [0.29, 0.717) is 13.0 Å². The maximum atomic E-state index is 12.2. The van der Waals surface area contributed by atoms with E-state index in [0.717, 1.165) is 24.0 Å². The molecular weight excluding hydrogens is 252 g/mol. The number of carbonyl (C=O) groups is 1. The first-order chi connectivity index (χ1) is 9.66. The van der Waals surface area contributed by atoms with Crippen LogP contribution in [0.2, 0.25) is 0 Å². The smallest absolute Gasteiger partial charge is 0.319 e. The first-order valence-corrected chi connectivity index (χ1v) is 7.11. The van der Waals surface area contributed by atoms with Gasteiger partial charge in [-0.2, -0.15) is 0 Å². The second-order valence-electron chi connectivity index (χ2n) is 5.22. The number of benzene rings is 1. The first-order valence-electron chi connectivity index (χ1n) is 7.11. The average Bonchev–Trinajstić information content (AvgIpc) is 3.22. The Morgan fingerprint density at radius 3 is 2.70 bits per heavy atom. The highest BCUT2D eigenvalue weighted by atomic mass is 16.5. The van der Waals surface area contributed by atoms with E-state index in [-0.39, 0.29) is 12.1 Å². The summed E-state index contributed by atoms with van der Waals surface area (Å²) in [4.78, 5) is 12.2. The fourth-order valence-corrected chi connectivity index (χ4v) is 2.54. The Bertz CT molecular complexity index is 480. The summed E-state index contributed by atoms with van der Waals surface area (Å²) in [6.07, 6.45) is 2.65. The van der Waals surface area contributed by atoms with Crippen molar-refractivity contribution in [2.75, 3.05) is 13.7 Å². The molecule has 0 N–H and O–H groups in total. The monoisotopic (exact) mass is 274 g/mol. The number of unbranched alkanes of at least 4 members (excludes halogenated alkanes) is 1. The second kappa shape index (κ2) is 6.23. The average molecular weight is 274 g/mol. The minimum Gasteiger partial charge on any atom is -0.468 e. The lowest BCUT2D eigenvalue weighted by Gasteiger charge is -2.18. The molecular formula is C17H22O3. The summed E-state index contributed by atoms with van der Waals surface area (Å²) >= 11 is 0. The van der Waals surface area contributed by atoms with Crippen LogP contribution in [0.3, 0.4) is 0 Å². The number of methoxy groups -OCH3 is 1. The van der Waals surface area contributed by atoms with Crippen LogP contribution >= 0.6 is 0 Å². The van der Waals surface area contributed by atoms with Crippen molar-refractivity contribution in [1.29, 1.82) is 0 Å². The summed E-state index contributed by atoms with van der Waals surface area (Å²) in [5, 5.41) is 0. The number of carbonyl (C=O) groups excluding carboxylic acids is 1. The molecule has 2 atom stereocenters. The molecule has 20 heavy (non-hydrogen) atoms. The van der Waals surface area contributed by atoms with Crippen molar-refractivity contribution >= 4 is 11.5 Å². The van der Waals surface area contributed by atoms with Gasteiger partial charge in [0.1, 0.15) is 5.41 Å². The molecule has 1 saturated carbocycles. The van der Waals surface area contributed by atoms with Gasteiger partial charge in [-0.1, -0.05) is 50.3 Å². The third kappa shape index (κ3) is 2.63. The van der Waals surface area contributed by atoms with Crippen molar-refractivity contribution in [2.45, 2.75) is 32.3 Å². The normalized spacial score (nSPS) is 24.2. The minimum absolute atomic E-state index is 0.103. The van der Waals surface area contributed by atoms with E-state index < -0.39 is 5.41 Å². The zero-order valence-corrected chi connectivity index (χ0v) is 12.2. The molecule has 1 aliphatic rings. The Hall–Kier alpha value is -1.61. The van der Waals surface area contributed by atoms with E-state index in [2.05, 4.69) is 13.5 Å². The third-order valence-electron chi connectivity index (χ3n) is 3.92. The highest BCUT2D eigenvalue weighted by Crippen LogP contribution is 2.57. The summed E-state index contributed by atoms with van der Waals surface area (Å²) in [5.41, 5.74) is 1.08. The molecule has 0 radical (unpaired) electrons. The van der Waals surface area contributed by atoms with Gasteiger partial charge in [-0.15, -0.1) is 0 Å². The number of hydrogen-bond acceptors (Lipinski definition) is 3. The lowest BCUT2D eigenvalue weighted by molar-refractivity contribution is -0.146. The molecule has 1 aliphatic carbocycles. The van der Waals surface area contributed by atoms with Gasteiger partial charge in [-0.25, -0.2) is 0 Å². The van der Waals surface area contributed by atoms with Crippen molar-refractivity contribution in [2.24, 2.45) is 5.41 Å². The largest absolute Gasteiger partial charge is 0.468 e. The van der Waals surface area contributed by atoms with Gasteiger partial charge < -0.3 is 9.47 Å². The summed E-state index contributed by atoms with van der Waals surface area (Å²) in [7, 11) is 1.42. The molecule has 0 spiro atoms. The zero-order chi connectivity index (χ0) is 14.6. The van der Waals surface area contributed by atoms with Gasteiger partial charge in [0, 0.05) is 6.61 Å². The third-order valence-corrected chi connectivity index (χ3v) is 3.92. The number of hydrogen-bond donors (Lipinski definition) is 0. The molecule has 0 aliphatic heterocycles. The van der Waals surface area contributed by atoms with Crippen LogP contribution in [0.25, 0.3) is 5.57 Å². The molecule has 108 valence electrons. The van der Waals surface area contributed by atoms with Gasteiger partial charge in [-0.3, -0.25) is 4.79 Å². The van der Waals surface area contributed by atoms with Crippen LogP contribution < -0.4 is 0 Å². The van der Waals surface area contributed by atoms with Gasteiger partial charge in [0.15, 0.2) is 0 Å². The lowest BCUT2D eigenvalue weighted by atomic mass is 9.90. The van der Waals surface area contributed by atoms with Crippen LogP contribution in [0.5, 0.6) is 0 Å². The molecule has 0 amide bonds. The summed E-state index contributed by atoms with van der Waals surface area (Å²) in [5.74, 6) is -0.243. The van der Waals surface area contributed by atoms with Crippen LogP contribution in [0.1, 0.15) is 31.7 Å². The van der Waals surface area contributed by atoms with Crippen LogP contribution in [-0.4, -0.2) is 25.8 Å². The molecule has 0 aromatic heterocycles. The molecule has 2 rings (SSSR count). The molecule has 1 aromatic rings. The Morgan fingerprint density at radius 2 is 2.10 bits per heavy atom. The standard InChI is InChI=1S/C17H22O3/c1-4-5-11-20-15-12-17(15,16(18)19-3)13(2)14-9-7-6-8-10-14/h6-10,15H,2,4-5,11-12H2,1,3H3/t15-,17+/m0/s1. The molecule has 1 fully saturated rings. The molecule has 1 aromatic carbocycles. The fraction of sp³-hybridized carbons (Fsp3) is 0.471. The molecule has 0 unspecified atom stereocenters. The van der Waals surface area contributed by atoms with Crippen molar-refractivity contribution in [1.82, 2.24) is 0 Å². The maximum Gasteiger partial charge on any atom is 0.319 e. The molecule has 0 saturated heterocycles. The lowest BCUT2D eigenvalue weighted by Crippen LogP contribution is -2.24. The molecule has 3 nitrogen and oxygen atoms in total. The summed E-state index contributed by atoms with van der Waals surface area (Å²) < 4.78 is 10.8. The molecule has 0 heterocycles. The Balaban J connectivity index is 2.14. The zero-order valence-electron chi connectivity index (χ0n) is 12.2. The van der Waals surface area contributed by atoms with Gasteiger partial charge in [0.05, 0.1) is 13.2 Å². The second-order valence-corrected chi connectivity index (χ2v) is 5.22. The van der Waals surface area contributed by atoms with Crippen LogP contribution in [0, 0.1) is 5.41 Å². The van der Waals surface area contributed by atoms with E-state index in [4.69, 9.17) is 9.47 Å². The first kappa shape index (κ1) is 14.8. The topological polar surface area (TPSA) is 35.5 Å². The van der Waals surface area contributed by atoms with Crippen molar-refractivity contribution in [3.63, 3.8) is 0 Å². The van der Waals surface area contributed by atoms with Crippen molar-refractivity contribution in [3.8, 4) is 0 Å². The molecule has 0 bridgehead atoms. The van der Waals surface area contributed by atoms with Crippen LogP contribution in [-0.2, 0) is 14.3 Å². The van der Waals surface area contributed by atoms with Gasteiger partial charge in [-0.05, 0) is 24.0 Å². The highest BCUT2D eigenvalue weighted by Gasteiger charge is 2.64. The number of rotatable bonds is 7. The summed E-state index contributed by atoms with van der Waals surface area (Å²) in [6.45, 7) is 6.93. The van der Waals surface area contributed by atoms with Crippen LogP contribution in [0.15, 0.2) is 36.9 Å². The van der Waals surface area contributed by atoms with Crippen molar-refractivity contribution in [3.05, 3.63) is 42.5 Å². The summed E-state index contributed by atoms with van der Waals surface area (Å²) in [6, 6.07) is 9.77. The SMILES string of the molecule is C=C(c1ccccc1)[C@]1(C(=O)OC)C[C@@H]1OCCCC. The van der Waals surface area contributed by atoms with Crippen molar-refractivity contribution < 1.29 is 14.3 Å². The number of esters is 1. The maximum absolute atomic E-state index is 12.2. The Morgan fingerprint density at radius 1 is 1.40 bits per heavy atom. The van der Waals surface area contributed by atoms with E-state index in [1.54, 1.807) is 0 Å². The Labute approximate surface area is 120 Å². The van der Waals surface area contributed by atoms with E-state index >= 15 is 0 Å². The molecule has 3 heteroatoms. The Kier molecular flexibility index (Phi) is 4.61. The van der Waals surface area contributed by atoms with Gasteiger partial charge in [0.25, 0.3) is 0 Å².